The number of hydrogen-bond donors (Lipinski definition) is 0. The van der Waals surface area contributed by atoms with Gasteiger partial charge >= 0.3 is 0 Å². The van der Waals surface area contributed by atoms with Gasteiger partial charge in [0.1, 0.15) is 0 Å². The Bertz CT molecular complexity index is 606. The van der Waals surface area contributed by atoms with E-state index in [2.05, 4.69) is 38.3 Å². The molecule has 0 atom stereocenters. The summed E-state index contributed by atoms with van der Waals surface area (Å²) in [7, 11) is 0. The highest BCUT2D eigenvalue weighted by atomic mass is 35.5. The number of hydrogen-bond acceptors (Lipinski definition) is 5. The maximum atomic E-state index is 6.28. The Balaban J connectivity index is 1.58. The molecule has 0 radical (unpaired) electrons. The molecule has 0 aliphatic carbocycles. The number of nitrogens with zero attached hydrogens (tertiary/aromatic N) is 6. The van der Waals surface area contributed by atoms with Gasteiger partial charge in [-0.25, -0.2) is 4.68 Å². The van der Waals surface area contributed by atoms with Gasteiger partial charge in [-0.05, 0) is 29.0 Å². The van der Waals surface area contributed by atoms with Gasteiger partial charge < -0.3 is 4.90 Å². The van der Waals surface area contributed by atoms with E-state index < -0.39 is 0 Å². The third kappa shape index (κ3) is 3.39. The molecule has 1 aromatic carbocycles. The highest BCUT2D eigenvalue weighted by molar-refractivity contribution is 6.33. The van der Waals surface area contributed by atoms with Crippen molar-refractivity contribution >= 4 is 17.3 Å². The van der Waals surface area contributed by atoms with E-state index >= 15 is 0 Å². The van der Waals surface area contributed by atoms with Gasteiger partial charge in [-0.3, -0.25) is 4.90 Å². The minimum absolute atomic E-state index is 0.809. The van der Waals surface area contributed by atoms with Crippen molar-refractivity contribution in [1.82, 2.24) is 25.1 Å². The van der Waals surface area contributed by atoms with Crippen LogP contribution in [0.1, 0.15) is 19.2 Å². The molecule has 1 aliphatic heterocycles. The molecular formula is C15H21ClN6. The van der Waals surface area contributed by atoms with Crippen LogP contribution in [-0.4, -0.2) is 51.3 Å². The summed E-state index contributed by atoms with van der Waals surface area (Å²) in [4.78, 5) is 4.74. The predicted molar refractivity (Wildman–Crippen MR) is 87.1 cm³/mol. The van der Waals surface area contributed by atoms with Crippen LogP contribution in [-0.2, 0) is 13.1 Å². The smallest absolute Gasteiger partial charge is 0.165 e. The molecule has 0 unspecified atom stereocenters. The zero-order chi connectivity index (χ0) is 15.4. The minimum atomic E-state index is 0.809. The van der Waals surface area contributed by atoms with E-state index in [1.165, 1.54) is 0 Å². The van der Waals surface area contributed by atoms with Crippen molar-refractivity contribution in [3.05, 3.63) is 35.1 Å². The van der Waals surface area contributed by atoms with Gasteiger partial charge in [0.25, 0.3) is 0 Å². The normalized spacial score (nSPS) is 16.2. The van der Waals surface area contributed by atoms with Gasteiger partial charge in [0.2, 0.25) is 0 Å². The van der Waals surface area contributed by atoms with Gasteiger partial charge in [0.15, 0.2) is 5.82 Å². The molecular weight excluding hydrogens is 300 g/mol. The lowest BCUT2D eigenvalue weighted by atomic mass is 10.2. The largest absolute Gasteiger partial charge is 0.368 e. The SMILES string of the molecule is CCCn1nnnc1CN1CCN(c2ccccc2Cl)CC1. The summed E-state index contributed by atoms with van der Waals surface area (Å²) in [5.74, 6) is 0.952. The van der Waals surface area contributed by atoms with E-state index in [1.807, 2.05) is 22.9 Å². The zero-order valence-corrected chi connectivity index (χ0v) is 13.6. The van der Waals surface area contributed by atoms with Crippen LogP contribution in [0.2, 0.25) is 5.02 Å². The maximum absolute atomic E-state index is 6.28. The van der Waals surface area contributed by atoms with Crippen LogP contribution in [0.3, 0.4) is 0 Å². The van der Waals surface area contributed by atoms with Crippen LogP contribution in [0, 0.1) is 0 Å². The number of tetrazole rings is 1. The fourth-order valence-electron chi connectivity index (χ4n) is 2.78. The summed E-state index contributed by atoms with van der Waals surface area (Å²) in [5.41, 5.74) is 1.12. The Labute approximate surface area is 135 Å². The number of anilines is 1. The highest BCUT2D eigenvalue weighted by Crippen LogP contribution is 2.26. The first-order chi connectivity index (χ1) is 10.8. The monoisotopic (exact) mass is 320 g/mol. The minimum Gasteiger partial charge on any atom is -0.368 e. The molecule has 1 aliphatic rings. The summed E-state index contributed by atoms with van der Waals surface area (Å²) < 4.78 is 1.90. The number of halogens is 1. The summed E-state index contributed by atoms with van der Waals surface area (Å²) in [6.07, 6.45) is 1.04. The van der Waals surface area contributed by atoms with Crippen molar-refractivity contribution < 1.29 is 0 Å². The lowest BCUT2D eigenvalue weighted by Gasteiger charge is -2.36. The van der Waals surface area contributed by atoms with E-state index in [9.17, 15) is 0 Å². The molecule has 3 rings (SSSR count). The highest BCUT2D eigenvalue weighted by Gasteiger charge is 2.20. The van der Waals surface area contributed by atoms with Crippen LogP contribution in [0.4, 0.5) is 5.69 Å². The molecule has 6 nitrogen and oxygen atoms in total. The lowest BCUT2D eigenvalue weighted by Crippen LogP contribution is -2.46. The van der Waals surface area contributed by atoms with Crippen LogP contribution in [0.15, 0.2) is 24.3 Å². The first-order valence-corrected chi connectivity index (χ1v) is 8.12. The fraction of sp³-hybridized carbons (Fsp3) is 0.533. The summed E-state index contributed by atoms with van der Waals surface area (Å²) in [6, 6.07) is 8.03. The van der Waals surface area contributed by atoms with Gasteiger partial charge in [-0.2, -0.15) is 0 Å². The number of rotatable bonds is 5. The molecule has 1 fully saturated rings. The van der Waals surface area contributed by atoms with E-state index in [0.29, 0.717) is 0 Å². The Morgan fingerprint density at radius 1 is 1.14 bits per heavy atom. The third-order valence-corrected chi connectivity index (χ3v) is 4.29. The molecule has 0 amide bonds. The van der Waals surface area contributed by atoms with E-state index in [1.54, 1.807) is 0 Å². The Morgan fingerprint density at radius 3 is 2.64 bits per heavy atom. The number of aryl methyl sites for hydroxylation is 1. The first kappa shape index (κ1) is 15.2. The van der Waals surface area contributed by atoms with Crippen molar-refractivity contribution in [2.75, 3.05) is 31.1 Å². The molecule has 0 N–H and O–H groups in total. The topological polar surface area (TPSA) is 50.1 Å². The number of aromatic nitrogens is 4. The predicted octanol–water partition coefficient (Wildman–Crippen LogP) is 2.06. The molecule has 1 saturated heterocycles. The van der Waals surface area contributed by atoms with Crippen molar-refractivity contribution in [3.8, 4) is 0 Å². The standard InChI is InChI=1S/C15H21ClN6/c1-2-7-22-15(17-18-19-22)12-20-8-10-21(11-9-20)14-6-4-3-5-13(14)16/h3-6H,2,7-12H2,1H3. The Kier molecular flexibility index (Phi) is 4.90. The van der Waals surface area contributed by atoms with Gasteiger partial charge in [-0.15, -0.1) is 5.10 Å². The molecule has 2 aromatic rings. The average Bonchev–Trinajstić information content (AvgIpc) is 2.96. The fourth-order valence-corrected chi connectivity index (χ4v) is 3.03. The summed E-state index contributed by atoms with van der Waals surface area (Å²) in [5, 5.41) is 12.8. The van der Waals surface area contributed by atoms with E-state index in [4.69, 9.17) is 11.6 Å². The lowest BCUT2D eigenvalue weighted by molar-refractivity contribution is 0.239. The number of piperazine rings is 1. The second kappa shape index (κ2) is 7.07. The Morgan fingerprint density at radius 2 is 1.91 bits per heavy atom. The number of benzene rings is 1. The van der Waals surface area contributed by atoms with Crippen LogP contribution < -0.4 is 4.90 Å². The third-order valence-electron chi connectivity index (χ3n) is 3.97. The van der Waals surface area contributed by atoms with Crippen molar-refractivity contribution in [2.45, 2.75) is 26.4 Å². The van der Waals surface area contributed by atoms with Crippen molar-refractivity contribution in [2.24, 2.45) is 0 Å². The van der Waals surface area contributed by atoms with E-state index in [-0.39, 0.29) is 0 Å². The molecule has 0 bridgehead atoms. The average molecular weight is 321 g/mol. The maximum Gasteiger partial charge on any atom is 0.165 e. The quantitative estimate of drug-likeness (QED) is 0.844. The molecule has 0 saturated carbocycles. The van der Waals surface area contributed by atoms with Gasteiger partial charge in [0, 0.05) is 32.7 Å². The van der Waals surface area contributed by atoms with Gasteiger partial charge in [0.05, 0.1) is 17.3 Å². The van der Waals surface area contributed by atoms with Crippen LogP contribution in [0.5, 0.6) is 0 Å². The molecule has 7 heteroatoms. The zero-order valence-electron chi connectivity index (χ0n) is 12.8. The molecule has 2 heterocycles. The number of para-hydroxylation sites is 1. The second-order valence-electron chi connectivity index (χ2n) is 5.53. The van der Waals surface area contributed by atoms with Crippen molar-refractivity contribution in [3.63, 3.8) is 0 Å². The molecule has 0 spiro atoms. The first-order valence-electron chi connectivity index (χ1n) is 7.75. The van der Waals surface area contributed by atoms with Crippen molar-refractivity contribution in [1.29, 1.82) is 0 Å². The van der Waals surface area contributed by atoms with E-state index in [0.717, 1.165) is 62.2 Å². The second-order valence-corrected chi connectivity index (χ2v) is 5.94. The summed E-state index contributed by atoms with van der Waals surface area (Å²) >= 11 is 6.28. The van der Waals surface area contributed by atoms with Crippen LogP contribution in [0.25, 0.3) is 0 Å². The summed E-state index contributed by atoms with van der Waals surface area (Å²) in [6.45, 7) is 7.74. The van der Waals surface area contributed by atoms with Crippen LogP contribution >= 0.6 is 11.6 Å². The molecule has 118 valence electrons. The molecule has 22 heavy (non-hydrogen) atoms. The molecule has 1 aromatic heterocycles. The van der Waals surface area contributed by atoms with Gasteiger partial charge in [-0.1, -0.05) is 30.7 Å². The Hall–Kier alpha value is -1.66.